The summed E-state index contributed by atoms with van der Waals surface area (Å²) >= 11 is 0. The molecule has 1 unspecified atom stereocenters. The molecule has 16 heavy (non-hydrogen) atoms. The van der Waals surface area contributed by atoms with Crippen molar-refractivity contribution in [2.45, 2.75) is 47.0 Å². The van der Waals surface area contributed by atoms with Gasteiger partial charge in [0.25, 0.3) is 0 Å². The van der Waals surface area contributed by atoms with Gasteiger partial charge >= 0.3 is 5.97 Å². The number of carbonyl (C=O) groups is 1. The van der Waals surface area contributed by atoms with E-state index in [0.717, 1.165) is 24.8 Å². The Balaban J connectivity index is 5.12. The van der Waals surface area contributed by atoms with Crippen molar-refractivity contribution in [3.63, 3.8) is 0 Å². The van der Waals surface area contributed by atoms with Crippen LogP contribution in [0.5, 0.6) is 0 Å². The molecule has 0 aromatic rings. The zero-order valence-electron chi connectivity index (χ0n) is 10.7. The number of ether oxygens (including phenoxy) is 1. The molecule has 0 aliphatic carbocycles. The van der Waals surface area contributed by atoms with Crippen LogP contribution in [0, 0.1) is 16.7 Å². The smallest absolute Gasteiger partial charge is 0.330 e. The molecule has 0 aliphatic rings. The van der Waals surface area contributed by atoms with Crippen LogP contribution in [0.3, 0.4) is 0 Å². The SMILES string of the molecule is CCC=C(CCC)C(C)(C#N)C(=O)OCC. The predicted octanol–water partition coefficient (Wildman–Crippen LogP) is 3.22. The van der Waals surface area contributed by atoms with E-state index in [4.69, 9.17) is 4.74 Å². The van der Waals surface area contributed by atoms with Gasteiger partial charge < -0.3 is 4.74 Å². The lowest BCUT2D eigenvalue weighted by Gasteiger charge is -2.23. The summed E-state index contributed by atoms with van der Waals surface area (Å²) in [5, 5.41) is 9.21. The lowest BCUT2D eigenvalue weighted by Crippen LogP contribution is -2.30. The number of hydrogen-bond acceptors (Lipinski definition) is 3. The van der Waals surface area contributed by atoms with Crippen LogP contribution in [0.15, 0.2) is 11.6 Å². The van der Waals surface area contributed by atoms with Crippen LogP contribution in [0.4, 0.5) is 0 Å². The molecule has 0 radical (unpaired) electrons. The maximum Gasteiger partial charge on any atom is 0.330 e. The molecule has 0 saturated carbocycles. The van der Waals surface area contributed by atoms with Crippen LogP contribution in [0.25, 0.3) is 0 Å². The van der Waals surface area contributed by atoms with Gasteiger partial charge in [0, 0.05) is 0 Å². The average molecular weight is 223 g/mol. The van der Waals surface area contributed by atoms with E-state index in [1.54, 1.807) is 13.8 Å². The zero-order valence-corrected chi connectivity index (χ0v) is 10.7. The fraction of sp³-hybridized carbons (Fsp3) is 0.692. The second kappa shape index (κ2) is 7.05. The largest absolute Gasteiger partial charge is 0.465 e. The first kappa shape index (κ1) is 14.7. The highest BCUT2D eigenvalue weighted by Gasteiger charge is 2.38. The number of carbonyl (C=O) groups excluding carboxylic acids is 1. The Hall–Kier alpha value is -1.30. The van der Waals surface area contributed by atoms with Gasteiger partial charge in [0.05, 0.1) is 12.7 Å². The third-order valence-electron chi connectivity index (χ3n) is 2.52. The Labute approximate surface area is 98.1 Å². The van der Waals surface area contributed by atoms with Crippen molar-refractivity contribution in [1.82, 2.24) is 0 Å². The van der Waals surface area contributed by atoms with Crippen molar-refractivity contribution in [2.24, 2.45) is 5.41 Å². The van der Waals surface area contributed by atoms with E-state index < -0.39 is 11.4 Å². The molecule has 0 aromatic heterocycles. The number of nitrogens with zero attached hydrogens (tertiary/aromatic N) is 1. The molecule has 0 amide bonds. The Morgan fingerprint density at radius 2 is 2.06 bits per heavy atom. The van der Waals surface area contributed by atoms with Gasteiger partial charge in [-0.15, -0.1) is 0 Å². The number of allylic oxidation sites excluding steroid dienone is 1. The van der Waals surface area contributed by atoms with Gasteiger partial charge in [0.1, 0.15) is 0 Å². The van der Waals surface area contributed by atoms with E-state index in [1.165, 1.54) is 0 Å². The molecular weight excluding hydrogens is 202 g/mol. The number of hydrogen-bond donors (Lipinski definition) is 0. The molecule has 0 rings (SSSR count). The van der Waals surface area contributed by atoms with E-state index in [1.807, 2.05) is 19.9 Å². The first-order chi connectivity index (χ1) is 7.56. The molecule has 90 valence electrons. The average Bonchev–Trinajstić information content (AvgIpc) is 2.28. The highest BCUT2D eigenvalue weighted by Crippen LogP contribution is 2.31. The molecule has 3 nitrogen and oxygen atoms in total. The van der Waals surface area contributed by atoms with Crippen molar-refractivity contribution in [2.75, 3.05) is 6.61 Å². The van der Waals surface area contributed by atoms with Crippen molar-refractivity contribution in [3.8, 4) is 6.07 Å². The van der Waals surface area contributed by atoms with Crippen LogP contribution in [-0.4, -0.2) is 12.6 Å². The third-order valence-corrected chi connectivity index (χ3v) is 2.52. The molecular formula is C13H21NO2. The van der Waals surface area contributed by atoms with Crippen molar-refractivity contribution >= 4 is 5.97 Å². The third kappa shape index (κ3) is 3.37. The van der Waals surface area contributed by atoms with E-state index in [9.17, 15) is 10.1 Å². The van der Waals surface area contributed by atoms with E-state index in [0.29, 0.717) is 6.61 Å². The molecule has 0 bridgehead atoms. The fourth-order valence-electron chi connectivity index (χ4n) is 1.60. The van der Waals surface area contributed by atoms with Gasteiger partial charge in [-0.25, -0.2) is 4.79 Å². The minimum Gasteiger partial charge on any atom is -0.465 e. The highest BCUT2D eigenvalue weighted by atomic mass is 16.5. The lowest BCUT2D eigenvalue weighted by molar-refractivity contribution is -0.149. The van der Waals surface area contributed by atoms with Crippen LogP contribution in [0.1, 0.15) is 47.0 Å². The summed E-state index contributed by atoms with van der Waals surface area (Å²) in [6, 6.07) is 2.09. The van der Waals surface area contributed by atoms with E-state index in [2.05, 4.69) is 6.07 Å². The summed E-state index contributed by atoms with van der Waals surface area (Å²) in [5.41, 5.74) is -0.249. The van der Waals surface area contributed by atoms with Crippen LogP contribution < -0.4 is 0 Å². The standard InChI is InChI=1S/C13H21NO2/c1-5-8-11(9-6-2)13(4,10-14)12(15)16-7-3/h8H,5-7,9H2,1-4H3. The first-order valence-electron chi connectivity index (χ1n) is 5.84. The normalized spacial score (nSPS) is 15.1. The van der Waals surface area contributed by atoms with Gasteiger partial charge in [-0.3, -0.25) is 0 Å². The van der Waals surface area contributed by atoms with Gasteiger partial charge in [-0.05, 0) is 32.3 Å². The monoisotopic (exact) mass is 223 g/mol. The molecule has 0 spiro atoms. The molecule has 1 atom stereocenters. The van der Waals surface area contributed by atoms with Gasteiger partial charge in [-0.2, -0.15) is 5.26 Å². The lowest BCUT2D eigenvalue weighted by atomic mass is 9.80. The Kier molecular flexibility index (Phi) is 6.48. The van der Waals surface area contributed by atoms with Crippen molar-refractivity contribution in [1.29, 1.82) is 5.26 Å². The molecule has 0 aromatic carbocycles. The maximum absolute atomic E-state index is 11.8. The molecule has 0 saturated heterocycles. The van der Waals surface area contributed by atoms with E-state index >= 15 is 0 Å². The minimum absolute atomic E-state index is 0.307. The molecule has 0 aliphatic heterocycles. The molecule has 0 N–H and O–H groups in total. The fourth-order valence-corrected chi connectivity index (χ4v) is 1.60. The zero-order chi connectivity index (χ0) is 12.6. The molecule has 0 fully saturated rings. The predicted molar refractivity (Wildman–Crippen MR) is 63.6 cm³/mol. The second-order valence-corrected chi connectivity index (χ2v) is 3.84. The van der Waals surface area contributed by atoms with Crippen LogP contribution in [-0.2, 0) is 9.53 Å². The second-order valence-electron chi connectivity index (χ2n) is 3.84. The quantitative estimate of drug-likeness (QED) is 0.513. The molecule has 3 heteroatoms. The van der Waals surface area contributed by atoms with Crippen LogP contribution in [0.2, 0.25) is 0 Å². The molecule has 0 heterocycles. The van der Waals surface area contributed by atoms with Gasteiger partial charge in [-0.1, -0.05) is 26.3 Å². The summed E-state index contributed by atoms with van der Waals surface area (Å²) in [6.07, 6.45) is 4.47. The Morgan fingerprint density at radius 1 is 1.44 bits per heavy atom. The number of nitriles is 1. The summed E-state index contributed by atoms with van der Waals surface area (Å²) in [5.74, 6) is -0.439. The van der Waals surface area contributed by atoms with E-state index in [-0.39, 0.29) is 0 Å². The first-order valence-corrected chi connectivity index (χ1v) is 5.84. The van der Waals surface area contributed by atoms with Gasteiger partial charge in [0.15, 0.2) is 5.41 Å². The van der Waals surface area contributed by atoms with Crippen molar-refractivity contribution < 1.29 is 9.53 Å². The Morgan fingerprint density at radius 3 is 2.44 bits per heavy atom. The number of rotatable bonds is 6. The topological polar surface area (TPSA) is 50.1 Å². The summed E-state index contributed by atoms with van der Waals surface area (Å²) < 4.78 is 4.97. The highest BCUT2D eigenvalue weighted by molar-refractivity contribution is 5.83. The number of esters is 1. The van der Waals surface area contributed by atoms with Gasteiger partial charge in [0.2, 0.25) is 0 Å². The minimum atomic E-state index is -1.12. The maximum atomic E-state index is 11.8. The van der Waals surface area contributed by atoms with Crippen molar-refractivity contribution in [3.05, 3.63) is 11.6 Å². The summed E-state index contributed by atoms with van der Waals surface area (Å²) in [7, 11) is 0. The Bertz CT molecular complexity index is 302. The summed E-state index contributed by atoms with van der Waals surface area (Å²) in [6.45, 7) is 7.73. The summed E-state index contributed by atoms with van der Waals surface area (Å²) in [4.78, 5) is 11.8. The van der Waals surface area contributed by atoms with Crippen LogP contribution >= 0.6 is 0 Å².